The molecule has 140 heavy (non-hydrogen) atoms. The van der Waals surface area contributed by atoms with E-state index < -0.39 is 149 Å². The van der Waals surface area contributed by atoms with E-state index in [1.807, 2.05) is 0 Å². The number of carbonyl (C=O) groups is 11. The summed E-state index contributed by atoms with van der Waals surface area (Å²) >= 11 is 3.39. The summed E-state index contributed by atoms with van der Waals surface area (Å²) in [6, 6.07) is 27.7. The van der Waals surface area contributed by atoms with E-state index in [0.29, 0.717) is 25.3 Å². The Morgan fingerprint density at radius 1 is 0.321 bits per heavy atom. The Labute approximate surface area is 1260 Å². The molecule has 0 atom stereocenters. The second-order valence-corrected chi connectivity index (χ2v) is 29.0. The number of hydrogen-bond donors (Lipinski definition) is 4. The summed E-state index contributed by atoms with van der Waals surface area (Å²) in [5.74, 6) is -18.6. The van der Waals surface area contributed by atoms with Crippen molar-refractivity contribution in [3.05, 3.63) is 288 Å². The van der Waals surface area contributed by atoms with Gasteiger partial charge < -0.3 is 123 Å². The third kappa shape index (κ3) is 38.4. The van der Waals surface area contributed by atoms with Crippen molar-refractivity contribution in [2.45, 2.75) is 30.5 Å². The number of rotatable bonds is 25. The number of aromatic carboxylic acids is 11. The number of nitrogens with zero attached hydrogens (tertiary/aromatic N) is 19. The second kappa shape index (κ2) is 66.1. The van der Waals surface area contributed by atoms with Crippen LogP contribution in [0.3, 0.4) is 0 Å². The van der Waals surface area contributed by atoms with Gasteiger partial charge in [-0.1, -0.05) is 117 Å². The summed E-state index contributed by atoms with van der Waals surface area (Å²) in [6.07, 6.45) is 1.80. The molecule has 0 saturated heterocycles. The monoisotopic (exact) mass is 2230 g/mol. The number of nitrogens with one attached hydrogen (secondary N) is 4. The Bertz CT molecular complexity index is 7290. The molecule has 0 aliphatic heterocycles. The van der Waals surface area contributed by atoms with Crippen molar-refractivity contribution in [1.82, 2.24) is 59.5 Å². The number of thioether (sulfide) groups is 1. The molecule has 49 nitrogen and oxygen atoms in total. The van der Waals surface area contributed by atoms with E-state index in [1.165, 1.54) is 72.4 Å². The zero-order valence-electron chi connectivity index (χ0n) is 75.7. The SMILES string of the molecule is CC(C)(C)c1[nH]n(-c2cc(C(=O)[O-])cc(C(=O)[O-])c2)c(=O)c1N=Nc1cccc(C(=O)[O-])c1.[C-]#[N+]c1[nH]n(-c2cc(C(=O)[O-])cc(C(=O)[O-])c2)c(=O)c1N=Nc1cccc(C(=O)[O-])c1.[C-]#[N+]c1[nH]n(-c2cc(C(=O)[O-])cc(C(=O)[O-])c2)c(=O)c1N=Nc1nnc(-c2cccc(C(=O)[O-])c2)s1.[C-]#[N+]c1[nH]n(-c2cc(C(=O)[O-])cc(C(=O)[O-])c2)c(=O)c1N=Nc1nnc(SC)s1.[K+].[K+].[K+].[K+].[K+].[K+].[K+].[K+].[K+].[K+].[K+]. The summed E-state index contributed by atoms with van der Waals surface area (Å²) in [7, 11) is 0. The molecule has 0 aliphatic rings. The molecular formula is C77H40K11N23O26S3. The van der Waals surface area contributed by atoms with Crippen LogP contribution in [0.5, 0.6) is 0 Å². The maximum atomic E-state index is 13.1. The van der Waals surface area contributed by atoms with E-state index in [0.717, 1.165) is 116 Å². The number of aromatic nitrogens is 12. The average Bonchev–Trinajstić information content (AvgIpc) is 1.62. The van der Waals surface area contributed by atoms with Gasteiger partial charge in [-0.05, 0) is 137 Å². The zero-order chi connectivity index (χ0) is 94.3. The number of aromatic amines is 4. The standard InChI is InChI=1S/C22H20N4O7.C21H11N7O7S.C19H11N5O7.C15H9N7O5S2.11K/c1-22(2,3)17-16(24-23-14-6-4-5-11(8-14)19(28)29)18(27)26(25-17)15-9-12(20(30)31)7-13(10-15)21(32)33;1-22-15-14(17(29)28(27-15)13-7-11(19(32)33)6-12(8-13)20(34)35)23-25-21-26-24-16(36-21)9-3-2-4-10(5-9)18(30)31;1-20-15-14(22-21-12-4-2-3-9(6-12)17(26)27)16(25)24(23-15)13-7-10(18(28)29)5-11(8-13)19(30)31;1-16-10-9(17-18-14-19-20-15(28-2)29-14)11(23)22(21-10)8-4-6(12(24)25)3-7(5-8)13(26)27;;;;;;;;;;;/h4-10,25H,1-3H3,(H,28,29)(H,30,31)(H,32,33);2-8,27H,(H,30,31)(H,32,33)(H,34,35);2-8,23H,(H,26,27)(H,28,29)(H,30,31);3-5,21H,2H3,(H,24,25)(H,26,27);;;;;;;;;;;/q;;;;11*+1/p-11. The van der Waals surface area contributed by atoms with Crippen molar-refractivity contribution >= 4 is 162 Å². The first kappa shape index (κ1) is 141. The van der Waals surface area contributed by atoms with E-state index in [1.54, 1.807) is 33.1 Å². The van der Waals surface area contributed by atoms with E-state index in [4.69, 9.17) is 19.7 Å². The molecule has 6 heterocycles. The van der Waals surface area contributed by atoms with Gasteiger partial charge in [-0.3, -0.25) is 24.3 Å². The van der Waals surface area contributed by atoms with E-state index in [9.17, 15) is 128 Å². The molecule has 13 aromatic rings. The molecule has 0 spiro atoms. The number of azo groups is 4. The number of H-pyrrole nitrogens is 4. The topological polar surface area (TPSA) is 756 Å². The Morgan fingerprint density at radius 3 is 0.857 bits per heavy atom. The zero-order valence-corrected chi connectivity index (χ0v) is 112. The average molecular weight is 2230 g/mol. The molecule has 63 heteroatoms. The van der Waals surface area contributed by atoms with Gasteiger partial charge in [0.25, 0.3) is 33.3 Å². The minimum Gasteiger partial charge on any atom is -0.545 e. The predicted molar refractivity (Wildman–Crippen MR) is 417 cm³/mol. The Hall–Kier alpha value is -0.910. The van der Waals surface area contributed by atoms with Crippen molar-refractivity contribution in [2.75, 3.05) is 6.26 Å². The maximum absolute atomic E-state index is 13.1. The fraction of sp³-hybridized carbons (Fsp3) is 0.0649. The molecule has 13 rings (SSSR count). The molecule has 648 valence electrons. The van der Waals surface area contributed by atoms with Crippen molar-refractivity contribution in [3.63, 3.8) is 0 Å². The van der Waals surface area contributed by atoms with Crippen LogP contribution < -0.4 is 644 Å². The number of benzene rings is 7. The van der Waals surface area contributed by atoms with Gasteiger partial charge in [0.2, 0.25) is 0 Å². The summed E-state index contributed by atoms with van der Waals surface area (Å²) < 4.78 is 3.76. The van der Waals surface area contributed by atoms with Crippen LogP contribution in [-0.4, -0.2) is 131 Å². The fourth-order valence-corrected chi connectivity index (χ4v) is 12.4. The van der Waals surface area contributed by atoms with Crippen molar-refractivity contribution < 1.29 is 674 Å². The van der Waals surface area contributed by atoms with Crippen LogP contribution in [0.1, 0.15) is 140 Å². The van der Waals surface area contributed by atoms with E-state index in [2.05, 4.69) is 96.2 Å². The van der Waals surface area contributed by atoms with Gasteiger partial charge in [0.05, 0.1) is 105 Å². The molecule has 0 radical (unpaired) electrons. The van der Waals surface area contributed by atoms with Gasteiger partial charge in [0.1, 0.15) is 5.01 Å². The summed E-state index contributed by atoms with van der Waals surface area (Å²) in [4.78, 5) is 184. The van der Waals surface area contributed by atoms with Crippen molar-refractivity contribution in [3.8, 4) is 33.3 Å². The molecule has 0 unspecified atom stereocenters. The van der Waals surface area contributed by atoms with Crippen LogP contribution in [0.25, 0.3) is 47.9 Å². The van der Waals surface area contributed by atoms with Gasteiger partial charge in [0.15, 0.2) is 27.1 Å². The Kier molecular flexibility index (Phi) is 66.7. The minimum absolute atomic E-state index is 0. The van der Waals surface area contributed by atoms with Crippen LogP contribution in [0, 0.1) is 19.7 Å². The van der Waals surface area contributed by atoms with Crippen molar-refractivity contribution in [2.24, 2.45) is 40.9 Å². The Balaban J connectivity index is 0. The molecule has 6 aromatic heterocycles. The second-order valence-electron chi connectivity index (χ2n) is 26.1. The first-order valence-corrected chi connectivity index (χ1v) is 37.6. The van der Waals surface area contributed by atoms with Crippen LogP contribution in [-0.2, 0) is 5.41 Å². The van der Waals surface area contributed by atoms with Crippen LogP contribution in [0.15, 0.2) is 210 Å². The maximum Gasteiger partial charge on any atom is 1.00 e. The molecule has 7 aromatic carbocycles. The third-order valence-corrected chi connectivity index (χ3v) is 19.2. The van der Waals surface area contributed by atoms with Gasteiger partial charge in [0, 0.05) is 44.4 Å². The third-order valence-electron chi connectivity index (χ3n) is 16.6. The van der Waals surface area contributed by atoms with Crippen LogP contribution >= 0.6 is 34.4 Å². The van der Waals surface area contributed by atoms with Gasteiger partial charge in [-0.15, -0.1) is 35.7 Å². The fourth-order valence-electron chi connectivity index (χ4n) is 10.7. The van der Waals surface area contributed by atoms with Crippen LogP contribution in [0.4, 0.5) is 61.8 Å². The molecule has 4 N–H and O–H groups in total. The molecular weight excluding hydrogens is 2190 g/mol. The van der Waals surface area contributed by atoms with E-state index in [-0.39, 0.29) is 655 Å². The quantitative estimate of drug-likeness (QED) is 0.0179. The normalized spacial score (nSPS) is 10.2. The summed E-state index contributed by atoms with van der Waals surface area (Å²) in [6.45, 7) is 27.0. The molecule has 0 bridgehead atoms. The largest absolute Gasteiger partial charge is 1.00 e. The molecule has 0 fully saturated rings. The van der Waals surface area contributed by atoms with Gasteiger partial charge in [-0.25, -0.2) is 20.0 Å². The van der Waals surface area contributed by atoms with Gasteiger partial charge in [-0.2, -0.15) is 39.6 Å². The van der Waals surface area contributed by atoms with E-state index >= 15 is 0 Å². The smallest absolute Gasteiger partial charge is 0.545 e. The number of carboxylic acids is 11. The summed E-state index contributed by atoms with van der Waals surface area (Å²) in [5, 5.41) is 179. The summed E-state index contributed by atoms with van der Waals surface area (Å²) in [5.41, 5.74) is -9.72. The molecule has 0 saturated carbocycles. The van der Waals surface area contributed by atoms with Crippen molar-refractivity contribution in [1.29, 1.82) is 0 Å². The molecule has 0 aliphatic carbocycles. The predicted octanol–water partition coefficient (Wildman–Crippen LogP) is -33.6. The number of hydrogen-bond acceptors (Lipinski definition) is 41. The van der Waals surface area contributed by atoms with Crippen LogP contribution in [0.2, 0.25) is 0 Å². The first-order valence-electron chi connectivity index (χ1n) is 34.8. The van der Waals surface area contributed by atoms with Gasteiger partial charge >= 0.3 is 582 Å². The minimum atomic E-state index is -1.69. The number of carbonyl (C=O) groups excluding carboxylic acids is 11. The Morgan fingerprint density at radius 2 is 0.579 bits per heavy atom. The molecule has 0 amide bonds. The number of carboxylic acid groups (broad SMARTS) is 11. The first-order chi connectivity index (χ1) is 61.1.